The monoisotopic (exact) mass is 346 g/mol. The van der Waals surface area contributed by atoms with Crippen molar-refractivity contribution in [3.63, 3.8) is 0 Å². The zero-order valence-electron chi connectivity index (χ0n) is 12.1. The smallest absolute Gasteiger partial charge is 0.254 e. The number of hydrogen-bond donors (Lipinski definition) is 1. The molecule has 0 fully saturated rings. The Balaban J connectivity index is 2.18. The molecule has 2 rings (SSSR count). The van der Waals surface area contributed by atoms with Crippen molar-refractivity contribution in [2.75, 3.05) is 12.3 Å². The summed E-state index contributed by atoms with van der Waals surface area (Å²) in [4.78, 5) is 14.5. The van der Waals surface area contributed by atoms with Crippen LogP contribution in [0.15, 0.2) is 53.0 Å². The van der Waals surface area contributed by atoms with E-state index < -0.39 is 0 Å². The summed E-state index contributed by atoms with van der Waals surface area (Å²) in [6.07, 6.45) is 0.925. The summed E-state index contributed by atoms with van der Waals surface area (Å²) in [5, 5.41) is 0. The van der Waals surface area contributed by atoms with E-state index in [2.05, 4.69) is 22.9 Å². The van der Waals surface area contributed by atoms with Crippen LogP contribution in [0.3, 0.4) is 0 Å². The molecular formula is C17H19BrN2O. The van der Waals surface area contributed by atoms with Crippen LogP contribution in [0, 0.1) is 0 Å². The van der Waals surface area contributed by atoms with Gasteiger partial charge in [-0.25, -0.2) is 0 Å². The van der Waals surface area contributed by atoms with Gasteiger partial charge < -0.3 is 10.6 Å². The van der Waals surface area contributed by atoms with Gasteiger partial charge in [0.15, 0.2) is 0 Å². The first kappa shape index (κ1) is 15.6. The molecule has 1 amide bonds. The van der Waals surface area contributed by atoms with Crippen LogP contribution in [-0.4, -0.2) is 17.4 Å². The quantitative estimate of drug-likeness (QED) is 0.829. The third-order valence-corrected chi connectivity index (χ3v) is 3.70. The molecule has 0 aliphatic carbocycles. The van der Waals surface area contributed by atoms with Gasteiger partial charge in [-0.3, -0.25) is 4.79 Å². The number of hydrogen-bond acceptors (Lipinski definition) is 2. The molecule has 2 aromatic carbocycles. The van der Waals surface area contributed by atoms with Gasteiger partial charge in [-0.1, -0.05) is 41.1 Å². The van der Waals surface area contributed by atoms with Crippen molar-refractivity contribution in [1.29, 1.82) is 0 Å². The summed E-state index contributed by atoms with van der Waals surface area (Å²) in [6.45, 7) is 3.40. The van der Waals surface area contributed by atoms with E-state index in [4.69, 9.17) is 5.73 Å². The summed E-state index contributed by atoms with van der Waals surface area (Å²) in [6, 6.07) is 15.2. The van der Waals surface area contributed by atoms with Gasteiger partial charge >= 0.3 is 0 Å². The van der Waals surface area contributed by atoms with Crippen LogP contribution >= 0.6 is 15.9 Å². The molecule has 0 aliphatic rings. The maximum Gasteiger partial charge on any atom is 0.254 e. The number of rotatable bonds is 5. The van der Waals surface area contributed by atoms with E-state index in [-0.39, 0.29) is 5.91 Å². The van der Waals surface area contributed by atoms with Crippen molar-refractivity contribution in [2.45, 2.75) is 19.9 Å². The van der Waals surface area contributed by atoms with Crippen LogP contribution in [-0.2, 0) is 6.54 Å². The van der Waals surface area contributed by atoms with Crippen molar-refractivity contribution in [3.8, 4) is 0 Å². The molecule has 0 saturated carbocycles. The van der Waals surface area contributed by atoms with Crippen molar-refractivity contribution in [1.82, 2.24) is 4.90 Å². The third-order valence-electron chi connectivity index (χ3n) is 3.21. The molecule has 2 N–H and O–H groups in total. The lowest BCUT2D eigenvalue weighted by Crippen LogP contribution is -2.31. The summed E-state index contributed by atoms with van der Waals surface area (Å²) in [5.74, 6) is 0.0509. The average molecular weight is 347 g/mol. The Morgan fingerprint density at radius 2 is 1.90 bits per heavy atom. The predicted octanol–water partition coefficient (Wildman–Crippen LogP) is 4.08. The SMILES string of the molecule is CCCN(Cc1ccc(N)cc1)C(=O)c1cccc(Br)c1. The molecule has 2 aromatic rings. The first-order valence-electron chi connectivity index (χ1n) is 6.99. The lowest BCUT2D eigenvalue weighted by molar-refractivity contribution is 0.0743. The third kappa shape index (κ3) is 4.33. The minimum Gasteiger partial charge on any atom is -0.399 e. The van der Waals surface area contributed by atoms with Gasteiger partial charge in [0.25, 0.3) is 5.91 Å². The van der Waals surface area contributed by atoms with Crippen molar-refractivity contribution < 1.29 is 4.79 Å². The first-order valence-corrected chi connectivity index (χ1v) is 7.78. The van der Waals surface area contributed by atoms with Crippen LogP contribution in [0.25, 0.3) is 0 Å². The molecule has 0 atom stereocenters. The highest BCUT2D eigenvalue weighted by Crippen LogP contribution is 2.16. The van der Waals surface area contributed by atoms with Gasteiger partial charge in [-0.15, -0.1) is 0 Å². The van der Waals surface area contributed by atoms with Gasteiger partial charge in [0, 0.05) is 28.8 Å². The Hall–Kier alpha value is -1.81. The number of amides is 1. The molecule has 0 bridgehead atoms. The van der Waals surface area contributed by atoms with E-state index in [0.29, 0.717) is 12.1 Å². The van der Waals surface area contributed by atoms with E-state index in [1.54, 1.807) is 0 Å². The molecule has 0 aromatic heterocycles. The summed E-state index contributed by atoms with van der Waals surface area (Å²) in [7, 11) is 0. The van der Waals surface area contributed by atoms with Gasteiger partial charge in [0.1, 0.15) is 0 Å². The second-order valence-corrected chi connectivity index (χ2v) is 5.89. The Morgan fingerprint density at radius 3 is 2.52 bits per heavy atom. The zero-order valence-corrected chi connectivity index (χ0v) is 13.6. The molecule has 0 heterocycles. The summed E-state index contributed by atoms with van der Waals surface area (Å²) >= 11 is 3.41. The fraction of sp³-hybridized carbons (Fsp3) is 0.235. The van der Waals surface area contributed by atoms with Crippen LogP contribution in [0.1, 0.15) is 29.3 Å². The topological polar surface area (TPSA) is 46.3 Å². The lowest BCUT2D eigenvalue weighted by atomic mass is 10.1. The number of benzene rings is 2. The van der Waals surface area contributed by atoms with E-state index in [1.165, 1.54) is 0 Å². The van der Waals surface area contributed by atoms with Crippen molar-refractivity contribution >= 4 is 27.5 Å². The van der Waals surface area contributed by atoms with Crippen LogP contribution in [0.2, 0.25) is 0 Å². The molecule has 0 spiro atoms. The Kier molecular flexibility index (Phi) is 5.39. The van der Waals surface area contributed by atoms with E-state index in [0.717, 1.165) is 28.7 Å². The highest BCUT2D eigenvalue weighted by molar-refractivity contribution is 9.10. The maximum atomic E-state index is 12.6. The maximum absolute atomic E-state index is 12.6. The minimum absolute atomic E-state index is 0.0509. The number of carbonyl (C=O) groups is 1. The van der Waals surface area contributed by atoms with Gasteiger partial charge in [-0.2, -0.15) is 0 Å². The van der Waals surface area contributed by atoms with Crippen molar-refractivity contribution in [2.24, 2.45) is 0 Å². The molecular weight excluding hydrogens is 328 g/mol. The number of nitrogens with two attached hydrogens (primary N) is 1. The predicted molar refractivity (Wildman–Crippen MR) is 90.0 cm³/mol. The van der Waals surface area contributed by atoms with E-state index >= 15 is 0 Å². The zero-order chi connectivity index (χ0) is 15.2. The van der Waals surface area contributed by atoms with Gasteiger partial charge in [0.2, 0.25) is 0 Å². The fourth-order valence-electron chi connectivity index (χ4n) is 2.17. The Bertz CT molecular complexity index is 610. The van der Waals surface area contributed by atoms with Crippen LogP contribution < -0.4 is 5.73 Å². The lowest BCUT2D eigenvalue weighted by Gasteiger charge is -2.22. The van der Waals surface area contributed by atoms with E-state index in [1.807, 2.05) is 53.4 Å². The standard InChI is InChI=1S/C17H19BrN2O/c1-2-10-20(12-13-6-8-16(19)9-7-13)17(21)14-4-3-5-15(18)11-14/h3-9,11H,2,10,12,19H2,1H3. The second-order valence-electron chi connectivity index (χ2n) is 4.98. The molecule has 4 heteroatoms. The van der Waals surface area contributed by atoms with E-state index in [9.17, 15) is 4.79 Å². The van der Waals surface area contributed by atoms with Crippen molar-refractivity contribution in [3.05, 3.63) is 64.1 Å². The normalized spacial score (nSPS) is 10.4. The first-order chi connectivity index (χ1) is 10.1. The highest BCUT2D eigenvalue weighted by Gasteiger charge is 2.15. The molecule has 3 nitrogen and oxygen atoms in total. The molecule has 0 saturated heterocycles. The average Bonchev–Trinajstić information content (AvgIpc) is 2.48. The Morgan fingerprint density at radius 1 is 1.19 bits per heavy atom. The molecule has 0 unspecified atom stereocenters. The molecule has 21 heavy (non-hydrogen) atoms. The molecule has 0 radical (unpaired) electrons. The number of nitrogens with zero attached hydrogens (tertiary/aromatic N) is 1. The fourth-order valence-corrected chi connectivity index (χ4v) is 2.57. The van der Waals surface area contributed by atoms with Gasteiger partial charge in [-0.05, 0) is 42.3 Å². The summed E-state index contributed by atoms with van der Waals surface area (Å²) in [5.41, 5.74) is 8.22. The molecule has 0 aliphatic heterocycles. The number of halogens is 1. The minimum atomic E-state index is 0.0509. The molecule has 110 valence electrons. The van der Waals surface area contributed by atoms with Crippen LogP contribution in [0.5, 0.6) is 0 Å². The highest BCUT2D eigenvalue weighted by atomic mass is 79.9. The van der Waals surface area contributed by atoms with Crippen LogP contribution in [0.4, 0.5) is 5.69 Å². The van der Waals surface area contributed by atoms with Gasteiger partial charge in [0.05, 0.1) is 0 Å². The number of anilines is 1. The number of carbonyl (C=O) groups excluding carboxylic acids is 1. The Labute approximate surface area is 133 Å². The summed E-state index contributed by atoms with van der Waals surface area (Å²) < 4.78 is 0.914. The second kappa shape index (κ2) is 7.27. The largest absolute Gasteiger partial charge is 0.399 e. The number of nitrogen functional groups attached to an aromatic ring is 1.